The second kappa shape index (κ2) is 36.7. The van der Waals surface area contributed by atoms with Crippen LogP contribution in [-0.2, 0) is 63.4 Å². The summed E-state index contributed by atoms with van der Waals surface area (Å²) in [6.07, 6.45) is 30.9. The second-order valence-corrected chi connectivity index (χ2v) is 35.5. The molecule has 1 aliphatic heterocycles. The van der Waals surface area contributed by atoms with Crippen LogP contribution in [0.4, 0.5) is 5.69 Å². The summed E-state index contributed by atoms with van der Waals surface area (Å²) < 4.78 is 54.5. The van der Waals surface area contributed by atoms with Crippen LogP contribution in [0, 0.1) is 13.0 Å². The molecule has 22 heteroatoms. The fourth-order valence-corrected chi connectivity index (χ4v) is 19.2. The summed E-state index contributed by atoms with van der Waals surface area (Å²) in [7, 11) is 1.99. The van der Waals surface area contributed by atoms with Crippen LogP contribution in [0.3, 0.4) is 0 Å². The molecule has 0 spiro atoms. The van der Waals surface area contributed by atoms with Crippen molar-refractivity contribution < 1.29 is 61.8 Å². The SMILES string of the molecule is CC(C)c1cc(C(C)C)c(-c2ccccc2[PH+](C2CCCCC2)C2CCCCC2)c(C(C)C)c1.COC(=O)c1cnn2c(C3CC3)c(-c3cnn(C)c3)ccc12.COC(=O)c1cnn2c(C3CC3)c(C)ccc12.CS(=O)(=O)O.Cn1cc(B2OC(C)(C)C(C)(C)O2)cn1.[NH-]c1ccccc1-c1[c-]cccc1.[Pd+2]. The summed E-state index contributed by atoms with van der Waals surface area (Å²) in [5.74, 6) is 2.06. The van der Waals surface area contributed by atoms with Crippen LogP contribution < -0.4 is 10.8 Å². The number of methoxy groups -OCH3 is 2. The van der Waals surface area contributed by atoms with Gasteiger partial charge in [-0.15, -0.1) is 41.5 Å². The van der Waals surface area contributed by atoms with Crippen molar-refractivity contribution in [3.63, 3.8) is 0 Å². The molecular formula is C85H110BN9O9PPdS+. The number of nitrogens with zero attached hydrogens (tertiary/aromatic N) is 8. The van der Waals surface area contributed by atoms with E-state index >= 15 is 0 Å². The Labute approximate surface area is 650 Å². The van der Waals surface area contributed by atoms with Gasteiger partial charge in [0.1, 0.15) is 11.1 Å². The van der Waals surface area contributed by atoms with Crippen LogP contribution >= 0.6 is 7.92 Å². The van der Waals surface area contributed by atoms with Gasteiger partial charge in [-0.1, -0.05) is 121 Å². The topological polar surface area (TPSA) is 219 Å². The molecule has 5 fully saturated rings. The van der Waals surface area contributed by atoms with E-state index in [1.165, 1.54) is 108 Å². The van der Waals surface area contributed by atoms with Crippen molar-refractivity contribution in [1.29, 1.82) is 0 Å². The van der Waals surface area contributed by atoms with E-state index in [0.29, 0.717) is 52.7 Å². The van der Waals surface area contributed by atoms with Gasteiger partial charge in [-0.3, -0.25) is 13.9 Å². The number of hydrogen-bond acceptors (Lipinski definition) is 12. The summed E-state index contributed by atoms with van der Waals surface area (Å²) in [6.45, 7) is 24.6. The molecule has 5 aliphatic rings. The van der Waals surface area contributed by atoms with Gasteiger partial charge in [0, 0.05) is 80.3 Å². The number of nitrogens with one attached hydrogen (secondary N) is 1. The molecule has 7 heterocycles. The predicted octanol–water partition coefficient (Wildman–Crippen LogP) is 19.0. The smallest absolute Gasteiger partial charge is 0.706 e. The van der Waals surface area contributed by atoms with Crippen LogP contribution in [0.5, 0.6) is 0 Å². The average Bonchev–Trinajstić information content (AvgIpc) is 1.67. The van der Waals surface area contributed by atoms with Gasteiger partial charge in [-0.2, -0.15) is 34.5 Å². The van der Waals surface area contributed by atoms with Gasteiger partial charge in [0.05, 0.1) is 83.6 Å². The van der Waals surface area contributed by atoms with Crippen molar-refractivity contribution in [2.45, 2.75) is 218 Å². The first-order chi connectivity index (χ1) is 50.5. The van der Waals surface area contributed by atoms with Gasteiger partial charge in [0.25, 0.3) is 10.1 Å². The molecule has 10 aromatic rings. The molecule has 107 heavy (non-hydrogen) atoms. The minimum atomic E-state index is -3.67. The molecule has 15 rings (SSSR count). The van der Waals surface area contributed by atoms with Crippen LogP contribution in [0.1, 0.15) is 243 Å². The molecular weight excluding hydrogens is 1470 g/mol. The van der Waals surface area contributed by atoms with Crippen molar-refractivity contribution in [1.82, 2.24) is 38.8 Å². The number of carbonyl (C=O) groups is 2. The van der Waals surface area contributed by atoms with E-state index in [9.17, 15) is 18.0 Å². The van der Waals surface area contributed by atoms with Crippen LogP contribution in [0.25, 0.3) is 50.1 Å². The Morgan fingerprint density at radius 2 is 1.08 bits per heavy atom. The van der Waals surface area contributed by atoms with E-state index < -0.39 is 18.0 Å². The maximum absolute atomic E-state index is 11.9. The van der Waals surface area contributed by atoms with Gasteiger partial charge in [-0.25, -0.2) is 18.6 Å². The molecule has 4 saturated carbocycles. The molecule has 2 N–H and O–H groups in total. The Hall–Kier alpha value is -7.59. The molecule has 1 saturated heterocycles. The second-order valence-electron chi connectivity index (χ2n) is 31.0. The Balaban J connectivity index is 0.000000158. The van der Waals surface area contributed by atoms with Crippen molar-refractivity contribution in [2.75, 3.05) is 20.5 Å². The third kappa shape index (κ3) is 20.9. The quantitative estimate of drug-likeness (QED) is 0.0352. The Morgan fingerprint density at radius 1 is 0.607 bits per heavy atom. The van der Waals surface area contributed by atoms with Crippen LogP contribution in [0.2, 0.25) is 0 Å². The third-order valence-electron chi connectivity index (χ3n) is 21.3. The molecule has 4 aliphatic carbocycles. The number of esters is 2. The first-order valence-electron chi connectivity index (χ1n) is 37.8. The molecule has 0 unspecified atom stereocenters. The van der Waals surface area contributed by atoms with E-state index in [0.717, 1.165) is 68.6 Å². The standard InChI is InChI=1S/C33H49P.C16H16N4O2.C13H14N2O2.C12H9N.C10H17BN2O2.CH4O3S.Pd/c1-23(2)26-21-30(24(3)4)33(31(22-26)25(5)6)29-19-13-14-20-32(29)34(27-15-9-7-10-16-27)28-17-11-8-12-18-28;1-19-9-11(7-17-19)12-5-6-14-13(16(21)22-2)8-18-20(14)15(12)10-3-4-10;1-8-3-6-11-10(13(16)17-2)7-14-15(11)12(8)9-4-5-9;13-12-9-5-4-8-11(12)10-6-2-1-3-7-10;1-9(2)10(3,4)15-11(14-9)8-6-12-13(5)7-8;1-5(2,3)4;/h13-14,19-25,27-28H,7-12,15-18H2,1-6H3;5-10H,3-4H2,1-2H3;3,6-7,9H,4-5H2,1-2H3;1-6,8-9,13H;6-7H,1-5H3;1H3,(H,2,3,4);/q;;;-2;;;+2/p+1. The van der Waals surface area contributed by atoms with Gasteiger partial charge in [0.2, 0.25) is 0 Å². The summed E-state index contributed by atoms with van der Waals surface area (Å²) in [5.41, 5.74) is 28.9. The number of hydrogen-bond donors (Lipinski definition) is 1. The largest absolute Gasteiger partial charge is 2.00 e. The summed E-state index contributed by atoms with van der Waals surface area (Å²) >= 11 is 0. The average molecular weight is 1580 g/mol. The van der Waals surface area contributed by atoms with Crippen molar-refractivity contribution >= 4 is 64.6 Å². The number of aromatic nitrogens is 8. The molecule has 0 amide bonds. The molecule has 0 radical (unpaired) electrons. The summed E-state index contributed by atoms with van der Waals surface area (Å²) in [4.78, 5) is 23.4. The molecule has 18 nitrogen and oxygen atoms in total. The minimum Gasteiger partial charge on any atom is -0.706 e. The normalized spacial score (nSPS) is 16.3. The molecule has 0 atom stereocenters. The van der Waals surface area contributed by atoms with Crippen molar-refractivity contribution in [2.24, 2.45) is 14.1 Å². The van der Waals surface area contributed by atoms with E-state index in [-0.39, 0.29) is 50.7 Å². The van der Waals surface area contributed by atoms with Gasteiger partial charge in [0.15, 0.2) is 0 Å². The maximum Gasteiger partial charge on any atom is 2.00 e. The Morgan fingerprint density at radius 3 is 1.54 bits per heavy atom. The van der Waals surface area contributed by atoms with Crippen LogP contribution in [-0.4, -0.2) is 114 Å². The Bertz CT molecular complexity index is 4670. The number of rotatable bonds is 14. The maximum atomic E-state index is 11.9. The fourth-order valence-electron chi connectivity index (χ4n) is 14.8. The summed E-state index contributed by atoms with van der Waals surface area (Å²) in [6, 6.07) is 41.2. The van der Waals surface area contributed by atoms with Gasteiger partial charge in [-0.05, 0) is 175 Å². The van der Waals surface area contributed by atoms with E-state index in [1.807, 2.05) is 130 Å². The van der Waals surface area contributed by atoms with Crippen molar-refractivity contribution in [3.05, 3.63) is 203 Å². The number of fused-ring (bicyclic) bond motifs is 2. The zero-order valence-electron chi connectivity index (χ0n) is 65.4. The van der Waals surface area contributed by atoms with E-state index in [2.05, 4.69) is 117 Å². The molecule has 0 bridgehead atoms. The van der Waals surface area contributed by atoms with Gasteiger partial charge >= 0.3 is 39.5 Å². The Kier molecular flexibility index (Phi) is 28.7. The fraction of sp³-hybridized carbons (Fsp3) is 0.459. The zero-order chi connectivity index (χ0) is 76.4. The first kappa shape index (κ1) is 83.4. The minimum absolute atomic E-state index is 0. The number of benzene rings is 4. The third-order valence-corrected chi connectivity index (χ3v) is 25.3. The number of aryl methyl sites for hydroxylation is 3. The van der Waals surface area contributed by atoms with Crippen LogP contribution in [0.15, 0.2) is 146 Å². The molecule has 4 aromatic carbocycles. The number of ether oxygens (including phenoxy) is 2. The van der Waals surface area contributed by atoms with E-state index in [1.54, 1.807) is 61.6 Å². The zero-order valence-corrected chi connectivity index (χ0v) is 68.8. The predicted molar refractivity (Wildman–Crippen MR) is 431 cm³/mol. The van der Waals surface area contributed by atoms with Crippen molar-refractivity contribution in [3.8, 4) is 33.4 Å². The summed E-state index contributed by atoms with van der Waals surface area (Å²) in [5, 5.41) is 18.9. The first-order valence-corrected chi connectivity index (χ1v) is 41.3. The molecule has 6 aromatic heterocycles. The molecule has 572 valence electrons. The number of carbonyl (C=O) groups excluding carboxylic acids is 2. The van der Waals surface area contributed by atoms with E-state index in [4.69, 9.17) is 29.1 Å². The van der Waals surface area contributed by atoms with Gasteiger partial charge < -0.3 is 24.5 Å². The number of pyridine rings is 2. The monoisotopic (exact) mass is 1580 g/mol.